The Labute approximate surface area is 102 Å². The lowest BCUT2D eigenvalue weighted by Crippen LogP contribution is -2.23. The monoisotopic (exact) mass is 254 g/mol. The molecule has 0 aromatic heterocycles. The molecule has 0 aliphatic heterocycles. The molecule has 1 saturated carbocycles. The zero-order valence-corrected chi connectivity index (χ0v) is 10.8. The Morgan fingerprint density at radius 2 is 2.12 bits per heavy atom. The minimum atomic E-state index is -3.33. The highest BCUT2D eigenvalue weighted by atomic mass is 32.2. The quantitative estimate of drug-likeness (QED) is 0.803. The predicted octanol–water partition coefficient (Wildman–Crippen LogP) is 1.24. The van der Waals surface area contributed by atoms with Crippen LogP contribution in [0.3, 0.4) is 0 Å². The summed E-state index contributed by atoms with van der Waals surface area (Å²) in [6.45, 7) is 2.92. The van der Waals surface area contributed by atoms with E-state index >= 15 is 0 Å². The van der Waals surface area contributed by atoms with Gasteiger partial charge >= 0.3 is 0 Å². The Morgan fingerprint density at radius 3 is 2.76 bits per heavy atom. The largest absolute Gasteiger partial charge is 0.310 e. The molecule has 0 bridgehead atoms. The molecule has 1 fully saturated rings. The molecule has 1 aromatic carbocycles. The van der Waals surface area contributed by atoms with E-state index in [-0.39, 0.29) is 0 Å². The minimum Gasteiger partial charge on any atom is -0.310 e. The van der Waals surface area contributed by atoms with Crippen LogP contribution < -0.4 is 10.0 Å². The van der Waals surface area contributed by atoms with E-state index in [0.717, 1.165) is 12.1 Å². The lowest BCUT2D eigenvalue weighted by atomic mass is 10.2. The molecule has 94 valence electrons. The van der Waals surface area contributed by atoms with Crippen LogP contribution in [0.1, 0.15) is 25.3 Å². The van der Waals surface area contributed by atoms with Crippen molar-refractivity contribution in [3.8, 4) is 0 Å². The second kappa shape index (κ2) is 5.16. The van der Waals surface area contributed by atoms with Gasteiger partial charge in [-0.05, 0) is 30.5 Å². The first kappa shape index (κ1) is 12.5. The van der Waals surface area contributed by atoms with Crippen LogP contribution in [-0.2, 0) is 16.6 Å². The van der Waals surface area contributed by atoms with Crippen molar-refractivity contribution in [3.05, 3.63) is 29.8 Å². The molecule has 17 heavy (non-hydrogen) atoms. The molecule has 0 atom stereocenters. The van der Waals surface area contributed by atoms with E-state index in [0.29, 0.717) is 17.5 Å². The molecule has 0 heterocycles. The Morgan fingerprint density at radius 1 is 1.35 bits per heavy atom. The van der Waals surface area contributed by atoms with E-state index in [4.69, 9.17) is 0 Å². The first-order valence-electron chi connectivity index (χ1n) is 5.94. The zero-order valence-electron chi connectivity index (χ0n) is 9.94. The van der Waals surface area contributed by atoms with Gasteiger partial charge in [-0.2, -0.15) is 0 Å². The summed E-state index contributed by atoms with van der Waals surface area (Å²) in [5, 5.41) is 3.37. The summed E-state index contributed by atoms with van der Waals surface area (Å²) < 4.78 is 26.1. The molecule has 2 rings (SSSR count). The van der Waals surface area contributed by atoms with Crippen molar-refractivity contribution in [2.24, 2.45) is 0 Å². The fourth-order valence-electron chi connectivity index (χ4n) is 1.65. The normalized spacial score (nSPS) is 16.1. The predicted molar refractivity (Wildman–Crippen MR) is 67.2 cm³/mol. The summed E-state index contributed by atoms with van der Waals surface area (Å²) in [5.74, 6) is 0. The maximum Gasteiger partial charge on any atom is 0.240 e. The SMILES string of the molecule is CCNS(=O)(=O)c1cccc(CNC2CC2)c1. The van der Waals surface area contributed by atoms with Gasteiger partial charge in [0.2, 0.25) is 10.0 Å². The molecule has 0 unspecified atom stereocenters. The van der Waals surface area contributed by atoms with Crippen LogP contribution in [-0.4, -0.2) is 21.0 Å². The van der Waals surface area contributed by atoms with Gasteiger partial charge in [0, 0.05) is 19.1 Å². The second-order valence-corrected chi connectivity index (χ2v) is 6.07. The topological polar surface area (TPSA) is 58.2 Å². The standard InChI is InChI=1S/C12H18N2O2S/c1-2-14-17(15,16)12-5-3-4-10(8-12)9-13-11-6-7-11/h3-5,8,11,13-14H,2,6-7,9H2,1H3. The summed E-state index contributed by atoms with van der Waals surface area (Å²) in [6, 6.07) is 7.71. The lowest BCUT2D eigenvalue weighted by Gasteiger charge is -2.07. The highest BCUT2D eigenvalue weighted by Crippen LogP contribution is 2.19. The third kappa shape index (κ3) is 3.52. The van der Waals surface area contributed by atoms with Crippen LogP contribution >= 0.6 is 0 Å². The number of hydrogen-bond donors (Lipinski definition) is 2. The third-order valence-corrected chi connectivity index (χ3v) is 4.26. The highest BCUT2D eigenvalue weighted by molar-refractivity contribution is 7.89. The molecule has 0 spiro atoms. The summed E-state index contributed by atoms with van der Waals surface area (Å²) in [4.78, 5) is 0.342. The van der Waals surface area contributed by atoms with Crippen molar-refractivity contribution in [3.63, 3.8) is 0 Å². The Balaban J connectivity index is 2.09. The van der Waals surface area contributed by atoms with E-state index < -0.39 is 10.0 Å². The Hall–Kier alpha value is -0.910. The van der Waals surface area contributed by atoms with E-state index in [1.807, 2.05) is 6.07 Å². The number of hydrogen-bond acceptors (Lipinski definition) is 3. The Kier molecular flexibility index (Phi) is 3.81. The van der Waals surface area contributed by atoms with Gasteiger partial charge in [0.25, 0.3) is 0 Å². The van der Waals surface area contributed by atoms with Crippen LogP contribution in [0.2, 0.25) is 0 Å². The zero-order chi connectivity index (χ0) is 12.3. The number of nitrogens with one attached hydrogen (secondary N) is 2. The van der Waals surface area contributed by atoms with Crippen molar-refractivity contribution < 1.29 is 8.42 Å². The molecular formula is C12H18N2O2S. The average Bonchev–Trinajstić information content (AvgIpc) is 3.10. The summed E-state index contributed by atoms with van der Waals surface area (Å²) in [7, 11) is -3.33. The smallest absolute Gasteiger partial charge is 0.240 e. The first-order chi connectivity index (χ1) is 8.12. The van der Waals surface area contributed by atoms with Gasteiger partial charge in [-0.15, -0.1) is 0 Å². The van der Waals surface area contributed by atoms with E-state index in [1.54, 1.807) is 25.1 Å². The van der Waals surface area contributed by atoms with Crippen molar-refractivity contribution in [1.29, 1.82) is 0 Å². The van der Waals surface area contributed by atoms with Gasteiger partial charge in [0.1, 0.15) is 0 Å². The molecule has 1 aliphatic carbocycles. The van der Waals surface area contributed by atoms with Crippen LogP contribution in [0.15, 0.2) is 29.2 Å². The molecule has 0 radical (unpaired) electrons. The van der Waals surface area contributed by atoms with Crippen LogP contribution in [0.5, 0.6) is 0 Å². The van der Waals surface area contributed by atoms with Gasteiger partial charge in [-0.1, -0.05) is 19.1 Å². The van der Waals surface area contributed by atoms with Crippen molar-refractivity contribution in [2.75, 3.05) is 6.54 Å². The number of sulfonamides is 1. The molecule has 2 N–H and O–H groups in total. The first-order valence-corrected chi connectivity index (χ1v) is 7.42. The summed E-state index contributed by atoms with van der Waals surface area (Å²) in [6.07, 6.45) is 2.46. The molecule has 5 heteroatoms. The number of rotatable bonds is 6. The molecule has 0 amide bonds. The van der Waals surface area contributed by atoms with Gasteiger partial charge in [-0.3, -0.25) is 0 Å². The molecule has 1 aromatic rings. The summed E-state index contributed by atoms with van der Waals surface area (Å²) >= 11 is 0. The van der Waals surface area contributed by atoms with Crippen LogP contribution in [0.4, 0.5) is 0 Å². The molecule has 4 nitrogen and oxygen atoms in total. The molecular weight excluding hydrogens is 236 g/mol. The van der Waals surface area contributed by atoms with Crippen molar-refractivity contribution >= 4 is 10.0 Å². The van der Waals surface area contributed by atoms with Gasteiger partial charge in [0.05, 0.1) is 4.90 Å². The average molecular weight is 254 g/mol. The van der Waals surface area contributed by atoms with E-state index in [9.17, 15) is 8.42 Å². The highest BCUT2D eigenvalue weighted by Gasteiger charge is 2.20. The van der Waals surface area contributed by atoms with Crippen LogP contribution in [0, 0.1) is 0 Å². The molecule has 0 saturated heterocycles. The van der Waals surface area contributed by atoms with Crippen LogP contribution in [0.25, 0.3) is 0 Å². The third-order valence-electron chi connectivity index (χ3n) is 2.72. The minimum absolute atomic E-state index is 0.342. The fraction of sp³-hybridized carbons (Fsp3) is 0.500. The van der Waals surface area contributed by atoms with E-state index in [2.05, 4.69) is 10.0 Å². The maximum absolute atomic E-state index is 11.8. The lowest BCUT2D eigenvalue weighted by molar-refractivity contribution is 0.583. The van der Waals surface area contributed by atoms with Gasteiger partial charge in [-0.25, -0.2) is 13.1 Å². The second-order valence-electron chi connectivity index (χ2n) is 4.30. The molecule has 1 aliphatic rings. The Bertz CT molecular complexity index is 481. The van der Waals surface area contributed by atoms with Crippen molar-refractivity contribution in [2.45, 2.75) is 37.2 Å². The number of benzene rings is 1. The van der Waals surface area contributed by atoms with Gasteiger partial charge < -0.3 is 5.32 Å². The van der Waals surface area contributed by atoms with Crippen molar-refractivity contribution in [1.82, 2.24) is 10.0 Å². The maximum atomic E-state index is 11.8. The fourth-order valence-corrected chi connectivity index (χ4v) is 2.76. The van der Waals surface area contributed by atoms with E-state index in [1.165, 1.54) is 12.8 Å². The van der Waals surface area contributed by atoms with Gasteiger partial charge in [0.15, 0.2) is 0 Å². The summed E-state index contributed by atoms with van der Waals surface area (Å²) in [5.41, 5.74) is 1.01.